The van der Waals surface area contributed by atoms with Gasteiger partial charge in [0.1, 0.15) is 5.75 Å². The van der Waals surface area contributed by atoms with E-state index >= 15 is 0 Å². The molecule has 0 aromatic heterocycles. The van der Waals surface area contributed by atoms with Gasteiger partial charge in [0.2, 0.25) is 0 Å². The lowest BCUT2D eigenvalue weighted by Gasteiger charge is -2.35. The van der Waals surface area contributed by atoms with Crippen LogP contribution in [0.15, 0.2) is 47.5 Å². The molecule has 178 valence electrons. The number of hydrogen-bond donors (Lipinski definition) is 2. The van der Waals surface area contributed by atoms with Crippen LogP contribution >= 0.6 is 24.0 Å². The van der Waals surface area contributed by atoms with Crippen molar-refractivity contribution in [3.8, 4) is 5.75 Å². The van der Waals surface area contributed by atoms with E-state index in [9.17, 15) is 0 Å². The molecule has 2 aromatic rings. The molecule has 1 heterocycles. The summed E-state index contributed by atoms with van der Waals surface area (Å²) in [5, 5.41) is 9.32. The van der Waals surface area contributed by atoms with E-state index in [-0.39, 0.29) is 24.0 Å². The fourth-order valence-electron chi connectivity index (χ4n) is 4.01. The van der Waals surface area contributed by atoms with Gasteiger partial charge in [-0.2, -0.15) is 0 Å². The Morgan fingerprint density at radius 3 is 2.47 bits per heavy atom. The highest BCUT2D eigenvalue weighted by Crippen LogP contribution is 2.20. The first kappa shape index (κ1) is 26.7. The summed E-state index contributed by atoms with van der Waals surface area (Å²) in [5.74, 6) is 2.38. The Morgan fingerprint density at radius 1 is 1.03 bits per heavy atom. The van der Waals surface area contributed by atoms with Crippen LogP contribution in [0.1, 0.15) is 20.3 Å². The maximum absolute atomic E-state index is 5.92. The average Bonchev–Trinajstić information content (AvgIpc) is 2.81. The summed E-state index contributed by atoms with van der Waals surface area (Å²) < 4.78 is 5.92. The molecule has 0 aliphatic carbocycles. The van der Waals surface area contributed by atoms with E-state index in [2.05, 4.69) is 75.7 Å². The van der Waals surface area contributed by atoms with Gasteiger partial charge in [0.15, 0.2) is 5.96 Å². The third-order valence-electron chi connectivity index (χ3n) is 5.93. The lowest BCUT2D eigenvalue weighted by atomic mass is 10.1. The average molecular weight is 554 g/mol. The number of halogens is 1. The van der Waals surface area contributed by atoms with Crippen LogP contribution in [0, 0.1) is 5.92 Å². The highest BCUT2D eigenvalue weighted by molar-refractivity contribution is 14.0. The Bertz CT molecular complexity index is 823. The van der Waals surface area contributed by atoms with Crippen molar-refractivity contribution in [3.05, 3.63) is 42.5 Å². The number of ether oxygens (including phenoxy) is 1. The number of benzene rings is 2. The van der Waals surface area contributed by atoms with Gasteiger partial charge in [0.25, 0.3) is 0 Å². The van der Waals surface area contributed by atoms with Crippen LogP contribution in [0.25, 0.3) is 10.8 Å². The normalized spacial score (nSPS) is 16.4. The van der Waals surface area contributed by atoms with E-state index < -0.39 is 0 Å². The minimum absolute atomic E-state index is 0. The molecular weight excluding hydrogens is 513 g/mol. The van der Waals surface area contributed by atoms with Gasteiger partial charge in [-0.1, -0.05) is 44.2 Å². The lowest BCUT2D eigenvalue weighted by Crippen LogP contribution is -2.48. The first-order chi connectivity index (χ1) is 15.2. The number of hydrogen-bond acceptors (Lipinski definition) is 4. The number of likely N-dealkylation sites (N-methyl/N-ethyl adjacent to an activating group) is 1. The summed E-state index contributed by atoms with van der Waals surface area (Å²) in [4.78, 5) is 9.46. The Labute approximate surface area is 210 Å². The third kappa shape index (κ3) is 8.75. The van der Waals surface area contributed by atoms with Crippen molar-refractivity contribution >= 4 is 40.7 Å². The lowest BCUT2D eigenvalue weighted by molar-refractivity contribution is 0.124. The van der Waals surface area contributed by atoms with Crippen LogP contribution in [-0.4, -0.2) is 81.8 Å². The second-order valence-corrected chi connectivity index (χ2v) is 8.43. The summed E-state index contributed by atoms with van der Waals surface area (Å²) in [6, 6.07) is 14.6. The van der Waals surface area contributed by atoms with E-state index in [0.29, 0.717) is 12.5 Å². The van der Waals surface area contributed by atoms with Gasteiger partial charge in [-0.3, -0.25) is 4.99 Å². The van der Waals surface area contributed by atoms with Crippen LogP contribution in [0.4, 0.5) is 0 Å². The topological polar surface area (TPSA) is 52.1 Å². The van der Waals surface area contributed by atoms with E-state index in [4.69, 9.17) is 4.74 Å². The second-order valence-electron chi connectivity index (χ2n) is 8.43. The largest absolute Gasteiger partial charge is 0.494 e. The first-order valence-electron chi connectivity index (χ1n) is 11.7. The van der Waals surface area contributed by atoms with Crippen molar-refractivity contribution in [2.45, 2.75) is 20.3 Å². The van der Waals surface area contributed by atoms with Crippen molar-refractivity contribution in [1.29, 1.82) is 0 Å². The molecule has 7 heteroatoms. The molecule has 32 heavy (non-hydrogen) atoms. The molecule has 0 amide bonds. The molecule has 0 saturated carbocycles. The standard InChI is InChI=1S/C25H39N5O.HI/c1-4-29-13-15-30(16-14-29)20-21(2)19-28-25(26-3)27-12-7-17-31-24-11-10-22-8-5-6-9-23(22)18-24;/h5-6,8-11,18,21H,4,7,12-17,19-20H2,1-3H3,(H2,26,27,28);1H. The van der Waals surface area contributed by atoms with Gasteiger partial charge in [-0.15, -0.1) is 24.0 Å². The number of rotatable bonds is 10. The summed E-state index contributed by atoms with van der Waals surface area (Å²) in [7, 11) is 1.83. The van der Waals surface area contributed by atoms with Gasteiger partial charge in [-0.05, 0) is 41.8 Å². The molecule has 1 atom stereocenters. The minimum atomic E-state index is 0. The first-order valence-corrected chi connectivity index (χ1v) is 11.7. The van der Waals surface area contributed by atoms with Gasteiger partial charge >= 0.3 is 0 Å². The number of piperazine rings is 1. The van der Waals surface area contributed by atoms with Crippen molar-refractivity contribution in [2.24, 2.45) is 10.9 Å². The molecule has 2 N–H and O–H groups in total. The predicted molar refractivity (Wildman–Crippen MR) is 147 cm³/mol. The van der Waals surface area contributed by atoms with Crippen molar-refractivity contribution in [3.63, 3.8) is 0 Å². The van der Waals surface area contributed by atoms with Crippen LogP contribution in [-0.2, 0) is 0 Å². The highest BCUT2D eigenvalue weighted by Gasteiger charge is 2.17. The van der Waals surface area contributed by atoms with E-state index in [1.165, 1.54) is 43.5 Å². The zero-order chi connectivity index (χ0) is 21.9. The van der Waals surface area contributed by atoms with Gasteiger partial charge < -0.3 is 25.2 Å². The molecule has 1 unspecified atom stereocenters. The number of nitrogens with zero attached hydrogens (tertiary/aromatic N) is 3. The zero-order valence-electron chi connectivity index (χ0n) is 19.8. The minimum Gasteiger partial charge on any atom is -0.494 e. The number of aliphatic imine (C=N–C) groups is 1. The zero-order valence-corrected chi connectivity index (χ0v) is 22.2. The van der Waals surface area contributed by atoms with E-state index in [1.807, 2.05) is 13.1 Å². The number of fused-ring (bicyclic) bond motifs is 1. The van der Waals surface area contributed by atoms with Gasteiger partial charge in [-0.25, -0.2) is 0 Å². The third-order valence-corrected chi connectivity index (χ3v) is 5.93. The van der Waals surface area contributed by atoms with Gasteiger partial charge in [0.05, 0.1) is 6.61 Å². The molecule has 6 nitrogen and oxygen atoms in total. The molecule has 1 aliphatic rings. The maximum atomic E-state index is 5.92. The van der Waals surface area contributed by atoms with Crippen LogP contribution in [0.3, 0.4) is 0 Å². The molecule has 0 bridgehead atoms. The molecule has 2 aromatic carbocycles. The quantitative estimate of drug-likeness (QED) is 0.204. The van der Waals surface area contributed by atoms with Crippen LogP contribution in [0.2, 0.25) is 0 Å². The SMILES string of the molecule is CCN1CCN(CC(C)CNC(=NC)NCCCOc2ccc3ccccc3c2)CC1.I. The molecule has 0 radical (unpaired) electrons. The van der Waals surface area contributed by atoms with E-state index in [0.717, 1.165) is 37.8 Å². The van der Waals surface area contributed by atoms with Crippen LogP contribution < -0.4 is 15.4 Å². The summed E-state index contributed by atoms with van der Waals surface area (Å²) in [6.45, 7) is 14.1. The van der Waals surface area contributed by atoms with Gasteiger partial charge in [0, 0.05) is 52.9 Å². The molecule has 1 saturated heterocycles. The Hall–Kier alpha value is -1.58. The Kier molecular flexibility index (Phi) is 12.1. The predicted octanol–water partition coefficient (Wildman–Crippen LogP) is 3.67. The molecular formula is C25H40IN5O. The molecule has 3 rings (SSSR count). The van der Waals surface area contributed by atoms with Crippen molar-refractivity contribution < 1.29 is 4.74 Å². The summed E-state index contributed by atoms with van der Waals surface area (Å²) in [6.07, 6.45) is 0.921. The molecule has 1 aliphatic heterocycles. The smallest absolute Gasteiger partial charge is 0.190 e. The summed E-state index contributed by atoms with van der Waals surface area (Å²) >= 11 is 0. The second kappa shape index (κ2) is 14.5. The number of nitrogens with one attached hydrogen (secondary N) is 2. The highest BCUT2D eigenvalue weighted by atomic mass is 127. The molecule has 0 spiro atoms. The fourth-order valence-corrected chi connectivity index (χ4v) is 4.01. The monoisotopic (exact) mass is 553 g/mol. The summed E-state index contributed by atoms with van der Waals surface area (Å²) in [5.41, 5.74) is 0. The van der Waals surface area contributed by atoms with Crippen LogP contribution in [0.5, 0.6) is 5.75 Å². The Morgan fingerprint density at radius 2 is 1.75 bits per heavy atom. The van der Waals surface area contributed by atoms with Crippen molar-refractivity contribution in [2.75, 3.05) is 66.0 Å². The maximum Gasteiger partial charge on any atom is 0.190 e. The fraction of sp³-hybridized carbons (Fsp3) is 0.560. The Balaban J connectivity index is 0.00000363. The van der Waals surface area contributed by atoms with Crippen molar-refractivity contribution in [1.82, 2.24) is 20.4 Å². The number of guanidine groups is 1. The van der Waals surface area contributed by atoms with E-state index in [1.54, 1.807) is 0 Å². The molecule has 1 fully saturated rings.